The molecule has 1 aromatic heterocycles. The second kappa shape index (κ2) is 8.01. The first-order valence-electron chi connectivity index (χ1n) is 8.31. The number of carbonyl (C=O) groups is 2. The van der Waals surface area contributed by atoms with E-state index in [1.54, 1.807) is 24.3 Å². The highest BCUT2D eigenvalue weighted by molar-refractivity contribution is 6.33. The molecule has 0 radical (unpaired) electrons. The van der Waals surface area contributed by atoms with Crippen LogP contribution in [-0.2, 0) is 4.79 Å². The van der Waals surface area contributed by atoms with Crippen molar-refractivity contribution in [1.29, 1.82) is 0 Å². The molecule has 0 bridgehead atoms. The van der Waals surface area contributed by atoms with Crippen LogP contribution in [0.25, 0.3) is 11.0 Å². The molecule has 2 amide bonds. The maximum atomic E-state index is 12.1. The van der Waals surface area contributed by atoms with Crippen LogP contribution in [0.5, 0.6) is 0 Å². The normalized spacial score (nSPS) is 11.9. The van der Waals surface area contributed by atoms with Gasteiger partial charge in [0.1, 0.15) is 5.82 Å². The number of amides is 2. The van der Waals surface area contributed by atoms with Gasteiger partial charge in [-0.05, 0) is 31.2 Å². The monoisotopic (exact) mass is 370 g/mol. The molecule has 3 N–H and O–H groups in total. The number of hydrogen-bond donors (Lipinski definition) is 3. The molecule has 3 rings (SSSR count). The van der Waals surface area contributed by atoms with Gasteiger partial charge >= 0.3 is 0 Å². The van der Waals surface area contributed by atoms with E-state index in [1.165, 1.54) is 0 Å². The van der Waals surface area contributed by atoms with Crippen LogP contribution in [0.3, 0.4) is 0 Å². The summed E-state index contributed by atoms with van der Waals surface area (Å²) in [6.07, 6.45) is 0.167. The Balaban J connectivity index is 1.49. The van der Waals surface area contributed by atoms with Gasteiger partial charge in [-0.1, -0.05) is 35.9 Å². The van der Waals surface area contributed by atoms with E-state index in [1.807, 2.05) is 31.2 Å². The van der Waals surface area contributed by atoms with E-state index in [2.05, 4.69) is 20.6 Å². The molecule has 0 saturated heterocycles. The first-order valence-corrected chi connectivity index (χ1v) is 8.69. The van der Waals surface area contributed by atoms with Gasteiger partial charge < -0.3 is 15.6 Å². The van der Waals surface area contributed by atoms with Crippen molar-refractivity contribution in [3.8, 4) is 0 Å². The first kappa shape index (κ1) is 17.9. The number of para-hydroxylation sites is 2. The fraction of sp³-hybridized carbons (Fsp3) is 0.211. The van der Waals surface area contributed by atoms with E-state index in [0.29, 0.717) is 16.4 Å². The molecule has 6 nitrogen and oxygen atoms in total. The molecule has 0 saturated carbocycles. The Kier molecular flexibility index (Phi) is 5.53. The Morgan fingerprint density at radius 1 is 1.15 bits per heavy atom. The van der Waals surface area contributed by atoms with Gasteiger partial charge in [0.2, 0.25) is 5.91 Å². The molecule has 134 valence electrons. The Labute approximate surface area is 156 Å². The average Bonchev–Trinajstić information content (AvgIpc) is 3.06. The highest BCUT2D eigenvalue weighted by atomic mass is 35.5. The molecule has 0 aliphatic heterocycles. The molecule has 1 atom stereocenters. The molecule has 0 unspecified atom stereocenters. The van der Waals surface area contributed by atoms with E-state index in [0.717, 1.165) is 11.0 Å². The van der Waals surface area contributed by atoms with Crippen molar-refractivity contribution in [3.63, 3.8) is 0 Å². The second-order valence-electron chi connectivity index (χ2n) is 5.91. The number of fused-ring (bicyclic) bond motifs is 1. The lowest BCUT2D eigenvalue weighted by molar-refractivity contribution is -0.121. The summed E-state index contributed by atoms with van der Waals surface area (Å²) < 4.78 is 0. The summed E-state index contributed by atoms with van der Waals surface area (Å²) in [7, 11) is 0. The van der Waals surface area contributed by atoms with Gasteiger partial charge in [0.25, 0.3) is 5.91 Å². The minimum Gasteiger partial charge on any atom is -0.351 e. The topological polar surface area (TPSA) is 86.9 Å². The number of benzene rings is 2. The minimum absolute atomic E-state index is 0.167. The Bertz CT molecular complexity index is 905. The lowest BCUT2D eigenvalue weighted by atomic mass is 10.2. The largest absolute Gasteiger partial charge is 0.351 e. The Morgan fingerprint density at radius 3 is 2.65 bits per heavy atom. The minimum atomic E-state index is -0.297. The number of H-pyrrole nitrogens is 1. The zero-order valence-corrected chi connectivity index (χ0v) is 15.0. The van der Waals surface area contributed by atoms with Crippen LogP contribution in [0.2, 0.25) is 5.02 Å². The summed E-state index contributed by atoms with van der Waals surface area (Å²) in [6, 6.07) is 14.2. The molecule has 0 spiro atoms. The third kappa shape index (κ3) is 4.21. The molecule has 7 heteroatoms. The molecular formula is C19H19ClN4O2. The van der Waals surface area contributed by atoms with E-state index < -0.39 is 0 Å². The van der Waals surface area contributed by atoms with Crippen LogP contribution in [0.1, 0.15) is 35.6 Å². The Morgan fingerprint density at radius 2 is 1.88 bits per heavy atom. The third-order valence-electron chi connectivity index (χ3n) is 3.95. The zero-order valence-electron chi connectivity index (χ0n) is 14.3. The lowest BCUT2D eigenvalue weighted by Gasteiger charge is -2.12. The van der Waals surface area contributed by atoms with Gasteiger partial charge in [0.15, 0.2) is 0 Å². The van der Waals surface area contributed by atoms with E-state index >= 15 is 0 Å². The van der Waals surface area contributed by atoms with E-state index in [9.17, 15) is 9.59 Å². The maximum absolute atomic E-state index is 12.1. The first-order chi connectivity index (χ1) is 12.5. The summed E-state index contributed by atoms with van der Waals surface area (Å²) in [6.45, 7) is 2.08. The summed E-state index contributed by atoms with van der Waals surface area (Å²) in [5.41, 5.74) is 2.18. The number of imidazole rings is 1. The van der Waals surface area contributed by atoms with Gasteiger partial charge in [-0.3, -0.25) is 9.59 Å². The molecule has 0 aliphatic rings. The SMILES string of the molecule is C[C@H](NC(=O)CCNC(=O)c1ccccc1Cl)c1nc2ccccc2[nH]1. The van der Waals surface area contributed by atoms with Crippen molar-refractivity contribution in [2.45, 2.75) is 19.4 Å². The van der Waals surface area contributed by atoms with Crippen LogP contribution >= 0.6 is 11.6 Å². The van der Waals surface area contributed by atoms with E-state index in [-0.39, 0.29) is 30.8 Å². The van der Waals surface area contributed by atoms with Gasteiger partial charge in [0.05, 0.1) is 27.7 Å². The standard InChI is InChI=1S/C19H19ClN4O2/c1-12(18-23-15-8-4-5-9-16(15)24-18)22-17(25)10-11-21-19(26)13-6-2-3-7-14(13)20/h2-9,12H,10-11H2,1H3,(H,21,26)(H,22,25)(H,23,24)/t12-/m0/s1. The smallest absolute Gasteiger partial charge is 0.252 e. The third-order valence-corrected chi connectivity index (χ3v) is 4.28. The van der Waals surface area contributed by atoms with Gasteiger partial charge in [0, 0.05) is 13.0 Å². The predicted octanol–water partition coefficient (Wildman–Crippen LogP) is 3.21. The predicted molar refractivity (Wildman–Crippen MR) is 101 cm³/mol. The fourth-order valence-electron chi connectivity index (χ4n) is 2.59. The van der Waals surface area contributed by atoms with Crippen LogP contribution in [0.15, 0.2) is 48.5 Å². The van der Waals surface area contributed by atoms with Crippen LogP contribution in [0, 0.1) is 0 Å². The molecule has 1 heterocycles. The quantitative estimate of drug-likeness (QED) is 0.622. The number of hydrogen-bond acceptors (Lipinski definition) is 3. The number of rotatable bonds is 6. The molecule has 3 aromatic rings. The van der Waals surface area contributed by atoms with Crippen molar-refractivity contribution < 1.29 is 9.59 Å². The van der Waals surface area contributed by atoms with Crippen molar-refractivity contribution in [2.75, 3.05) is 6.54 Å². The lowest BCUT2D eigenvalue weighted by Crippen LogP contribution is -2.32. The average molecular weight is 371 g/mol. The zero-order chi connectivity index (χ0) is 18.5. The van der Waals surface area contributed by atoms with Crippen molar-refractivity contribution >= 4 is 34.4 Å². The number of halogens is 1. The van der Waals surface area contributed by atoms with Gasteiger partial charge in [-0.15, -0.1) is 0 Å². The van der Waals surface area contributed by atoms with Crippen molar-refractivity contribution in [1.82, 2.24) is 20.6 Å². The summed E-state index contributed by atoms with van der Waals surface area (Å²) in [5, 5.41) is 5.95. The molecule has 2 aromatic carbocycles. The van der Waals surface area contributed by atoms with Crippen molar-refractivity contribution in [3.05, 3.63) is 64.9 Å². The van der Waals surface area contributed by atoms with Crippen LogP contribution < -0.4 is 10.6 Å². The molecular weight excluding hydrogens is 352 g/mol. The molecule has 26 heavy (non-hydrogen) atoms. The van der Waals surface area contributed by atoms with Crippen LogP contribution in [0.4, 0.5) is 0 Å². The number of aromatic amines is 1. The number of aromatic nitrogens is 2. The fourth-order valence-corrected chi connectivity index (χ4v) is 2.81. The summed E-state index contributed by atoms with van der Waals surface area (Å²) in [4.78, 5) is 31.8. The van der Waals surface area contributed by atoms with Gasteiger partial charge in [-0.2, -0.15) is 0 Å². The van der Waals surface area contributed by atoms with Crippen LogP contribution in [-0.4, -0.2) is 28.3 Å². The maximum Gasteiger partial charge on any atom is 0.252 e. The molecule has 0 aliphatic carbocycles. The molecule has 0 fully saturated rings. The van der Waals surface area contributed by atoms with Gasteiger partial charge in [-0.25, -0.2) is 4.98 Å². The highest BCUT2D eigenvalue weighted by Crippen LogP contribution is 2.16. The highest BCUT2D eigenvalue weighted by Gasteiger charge is 2.14. The van der Waals surface area contributed by atoms with E-state index in [4.69, 9.17) is 11.6 Å². The summed E-state index contributed by atoms with van der Waals surface area (Å²) in [5.74, 6) is 0.228. The number of carbonyl (C=O) groups excluding carboxylic acids is 2. The van der Waals surface area contributed by atoms with Crippen molar-refractivity contribution in [2.24, 2.45) is 0 Å². The Hall–Kier alpha value is -2.86. The number of nitrogens with one attached hydrogen (secondary N) is 3. The second-order valence-corrected chi connectivity index (χ2v) is 6.32. The summed E-state index contributed by atoms with van der Waals surface area (Å²) >= 11 is 5.98. The number of nitrogens with zero attached hydrogens (tertiary/aromatic N) is 1.